The summed E-state index contributed by atoms with van der Waals surface area (Å²) in [6.45, 7) is 7.99. The Morgan fingerprint density at radius 3 is 2.67 bits per heavy atom. The van der Waals surface area contributed by atoms with E-state index in [9.17, 15) is 4.79 Å². The second-order valence-corrected chi connectivity index (χ2v) is 4.20. The first-order valence-electron chi connectivity index (χ1n) is 6.24. The van der Waals surface area contributed by atoms with Gasteiger partial charge in [0.2, 0.25) is 0 Å². The Hall–Kier alpha value is -1.77. The Bertz CT molecular complexity index is 410. The molecule has 18 heavy (non-hydrogen) atoms. The van der Waals surface area contributed by atoms with Crippen molar-refractivity contribution in [3.63, 3.8) is 0 Å². The summed E-state index contributed by atoms with van der Waals surface area (Å²) in [6, 6.07) is 7.09. The fourth-order valence-electron chi connectivity index (χ4n) is 1.36. The summed E-state index contributed by atoms with van der Waals surface area (Å²) in [5, 5.41) is 0. The zero-order valence-electron chi connectivity index (χ0n) is 11.1. The van der Waals surface area contributed by atoms with Crippen molar-refractivity contribution >= 4 is 5.97 Å². The average molecular weight is 248 g/mol. The molecule has 0 saturated heterocycles. The van der Waals surface area contributed by atoms with E-state index in [4.69, 9.17) is 9.47 Å². The number of rotatable bonds is 7. The molecule has 0 aliphatic rings. The van der Waals surface area contributed by atoms with Gasteiger partial charge >= 0.3 is 5.97 Å². The molecule has 3 nitrogen and oxygen atoms in total. The second kappa shape index (κ2) is 7.54. The van der Waals surface area contributed by atoms with Crippen LogP contribution in [0.15, 0.2) is 36.4 Å². The van der Waals surface area contributed by atoms with E-state index in [1.54, 1.807) is 25.1 Å². The van der Waals surface area contributed by atoms with Gasteiger partial charge in [-0.1, -0.05) is 32.4 Å². The average Bonchev–Trinajstić information content (AvgIpc) is 2.35. The molecule has 1 rings (SSSR count). The Morgan fingerprint density at radius 1 is 1.28 bits per heavy atom. The minimum Gasteiger partial charge on any atom is -0.493 e. The van der Waals surface area contributed by atoms with Gasteiger partial charge in [-0.2, -0.15) is 0 Å². The third kappa shape index (κ3) is 5.04. The number of carbonyl (C=O) groups excluding carboxylic acids is 1. The van der Waals surface area contributed by atoms with E-state index in [2.05, 4.69) is 13.5 Å². The van der Waals surface area contributed by atoms with Crippen LogP contribution in [0.1, 0.15) is 33.1 Å². The van der Waals surface area contributed by atoms with Gasteiger partial charge in [0.1, 0.15) is 11.5 Å². The SMILES string of the molecule is C=C(C)C(=O)Oc1cccc(OCCCCC)c1. The summed E-state index contributed by atoms with van der Waals surface area (Å²) in [4.78, 5) is 11.4. The molecule has 0 bridgehead atoms. The minimum absolute atomic E-state index is 0.379. The molecule has 0 spiro atoms. The van der Waals surface area contributed by atoms with Gasteiger partial charge in [0, 0.05) is 11.6 Å². The van der Waals surface area contributed by atoms with Gasteiger partial charge in [0.15, 0.2) is 0 Å². The quantitative estimate of drug-likeness (QED) is 0.319. The first kappa shape index (κ1) is 14.3. The second-order valence-electron chi connectivity index (χ2n) is 4.20. The number of ether oxygens (including phenoxy) is 2. The van der Waals surface area contributed by atoms with Gasteiger partial charge in [0.25, 0.3) is 0 Å². The number of esters is 1. The highest BCUT2D eigenvalue weighted by Crippen LogP contribution is 2.20. The topological polar surface area (TPSA) is 35.5 Å². The largest absolute Gasteiger partial charge is 0.493 e. The van der Waals surface area contributed by atoms with Crippen molar-refractivity contribution in [3.05, 3.63) is 36.4 Å². The van der Waals surface area contributed by atoms with E-state index < -0.39 is 5.97 Å². The van der Waals surface area contributed by atoms with Crippen molar-refractivity contribution in [3.8, 4) is 11.5 Å². The van der Waals surface area contributed by atoms with E-state index in [1.165, 1.54) is 6.42 Å². The molecule has 98 valence electrons. The zero-order valence-corrected chi connectivity index (χ0v) is 11.1. The van der Waals surface area contributed by atoms with Gasteiger partial charge in [-0.15, -0.1) is 0 Å². The Morgan fingerprint density at radius 2 is 2.00 bits per heavy atom. The van der Waals surface area contributed by atoms with Gasteiger partial charge in [-0.05, 0) is 25.5 Å². The Kier molecular flexibility index (Phi) is 5.98. The molecule has 0 heterocycles. The molecule has 1 aromatic carbocycles. The molecule has 0 fully saturated rings. The molecule has 3 heteroatoms. The summed E-state index contributed by atoms with van der Waals surface area (Å²) in [5.41, 5.74) is 0.379. The third-order valence-electron chi connectivity index (χ3n) is 2.38. The fourth-order valence-corrected chi connectivity index (χ4v) is 1.36. The smallest absolute Gasteiger partial charge is 0.338 e. The molecule has 0 aromatic heterocycles. The lowest BCUT2D eigenvalue weighted by Crippen LogP contribution is -2.08. The highest BCUT2D eigenvalue weighted by atomic mass is 16.5. The van der Waals surface area contributed by atoms with Crippen LogP contribution in [0.3, 0.4) is 0 Å². The lowest BCUT2D eigenvalue weighted by Gasteiger charge is -2.08. The summed E-state index contributed by atoms with van der Waals surface area (Å²) in [6.07, 6.45) is 3.36. The molecule has 0 saturated carbocycles. The molecule has 1 aromatic rings. The minimum atomic E-state index is -0.418. The third-order valence-corrected chi connectivity index (χ3v) is 2.38. The van der Waals surface area contributed by atoms with Crippen LogP contribution in [-0.2, 0) is 4.79 Å². The molecule has 0 radical (unpaired) electrons. The van der Waals surface area contributed by atoms with Crippen LogP contribution in [0.5, 0.6) is 11.5 Å². The molecule has 0 N–H and O–H groups in total. The van der Waals surface area contributed by atoms with Crippen LogP contribution in [0.25, 0.3) is 0 Å². The van der Waals surface area contributed by atoms with Crippen LogP contribution >= 0.6 is 0 Å². The molecule has 0 aliphatic heterocycles. The normalized spacial score (nSPS) is 9.89. The number of hydrogen-bond donors (Lipinski definition) is 0. The van der Waals surface area contributed by atoms with E-state index in [0.717, 1.165) is 18.6 Å². The number of hydrogen-bond acceptors (Lipinski definition) is 3. The van der Waals surface area contributed by atoms with E-state index in [0.29, 0.717) is 17.9 Å². The predicted molar refractivity (Wildman–Crippen MR) is 71.9 cm³/mol. The molecule has 0 atom stereocenters. The van der Waals surface area contributed by atoms with Gasteiger partial charge in [0.05, 0.1) is 6.61 Å². The number of carbonyl (C=O) groups is 1. The molecule has 0 amide bonds. The maximum absolute atomic E-state index is 11.4. The van der Waals surface area contributed by atoms with Gasteiger partial charge in [-0.3, -0.25) is 0 Å². The van der Waals surface area contributed by atoms with Crippen molar-refractivity contribution in [1.29, 1.82) is 0 Å². The molecule has 0 aliphatic carbocycles. The van der Waals surface area contributed by atoms with Crippen molar-refractivity contribution < 1.29 is 14.3 Å². The van der Waals surface area contributed by atoms with E-state index in [-0.39, 0.29) is 0 Å². The monoisotopic (exact) mass is 248 g/mol. The number of unbranched alkanes of at least 4 members (excludes halogenated alkanes) is 2. The van der Waals surface area contributed by atoms with Crippen LogP contribution in [-0.4, -0.2) is 12.6 Å². The first-order chi connectivity index (χ1) is 8.63. The fraction of sp³-hybridized carbons (Fsp3) is 0.400. The van der Waals surface area contributed by atoms with Crippen LogP contribution < -0.4 is 9.47 Å². The maximum atomic E-state index is 11.4. The lowest BCUT2D eigenvalue weighted by molar-refractivity contribution is -0.130. The molecule has 0 unspecified atom stereocenters. The van der Waals surface area contributed by atoms with Gasteiger partial charge in [-0.25, -0.2) is 4.79 Å². The first-order valence-corrected chi connectivity index (χ1v) is 6.24. The highest BCUT2D eigenvalue weighted by molar-refractivity contribution is 5.88. The lowest BCUT2D eigenvalue weighted by atomic mass is 10.2. The van der Waals surface area contributed by atoms with Crippen molar-refractivity contribution in [1.82, 2.24) is 0 Å². The van der Waals surface area contributed by atoms with E-state index in [1.807, 2.05) is 6.07 Å². The van der Waals surface area contributed by atoms with Crippen LogP contribution in [0, 0.1) is 0 Å². The summed E-state index contributed by atoms with van der Waals surface area (Å²) >= 11 is 0. The predicted octanol–water partition coefficient (Wildman–Crippen LogP) is 3.74. The Balaban J connectivity index is 2.51. The van der Waals surface area contributed by atoms with Crippen LogP contribution in [0.4, 0.5) is 0 Å². The summed E-state index contributed by atoms with van der Waals surface area (Å²) in [5.74, 6) is 0.784. The molecular formula is C15H20O3. The zero-order chi connectivity index (χ0) is 13.4. The number of benzene rings is 1. The van der Waals surface area contributed by atoms with E-state index >= 15 is 0 Å². The van der Waals surface area contributed by atoms with Crippen molar-refractivity contribution in [2.75, 3.05) is 6.61 Å². The van der Waals surface area contributed by atoms with Crippen molar-refractivity contribution in [2.24, 2.45) is 0 Å². The summed E-state index contributed by atoms with van der Waals surface area (Å²) < 4.78 is 10.7. The van der Waals surface area contributed by atoms with Gasteiger partial charge < -0.3 is 9.47 Å². The Labute approximate surface area is 108 Å². The standard InChI is InChI=1S/C15H20O3/c1-4-5-6-10-17-13-8-7-9-14(11-13)18-15(16)12(2)3/h7-9,11H,2,4-6,10H2,1,3H3. The maximum Gasteiger partial charge on any atom is 0.338 e. The van der Waals surface area contributed by atoms with Crippen molar-refractivity contribution in [2.45, 2.75) is 33.1 Å². The highest BCUT2D eigenvalue weighted by Gasteiger charge is 2.05. The molecular weight excluding hydrogens is 228 g/mol. The van der Waals surface area contributed by atoms with Crippen LogP contribution in [0.2, 0.25) is 0 Å². The summed E-state index contributed by atoms with van der Waals surface area (Å²) in [7, 11) is 0.